The van der Waals surface area contributed by atoms with Crippen LogP contribution < -0.4 is 5.32 Å². The Bertz CT molecular complexity index is 486. The molecule has 2 unspecified atom stereocenters. The number of hydrogen-bond donors (Lipinski definition) is 1. The summed E-state index contributed by atoms with van der Waals surface area (Å²) < 4.78 is 0. The Morgan fingerprint density at radius 2 is 1.90 bits per heavy atom. The zero-order valence-electron chi connectivity index (χ0n) is 12.4. The monoisotopic (exact) mass is 331 g/mol. The van der Waals surface area contributed by atoms with Gasteiger partial charge in [-0.1, -0.05) is 6.07 Å². The summed E-state index contributed by atoms with van der Waals surface area (Å²) in [6, 6.07) is 5.37. The van der Waals surface area contributed by atoms with Crippen molar-refractivity contribution in [2.75, 3.05) is 7.05 Å². The lowest BCUT2D eigenvalue weighted by Gasteiger charge is -2.35. The quantitative estimate of drug-likeness (QED) is 0.905. The number of hydrogen-bond acceptors (Lipinski definition) is 3. The molecule has 2 aliphatic rings. The lowest BCUT2D eigenvalue weighted by Crippen LogP contribution is -2.49. The van der Waals surface area contributed by atoms with Crippen LogP contribution in [0.5, 0.6) is 0 Å². The summed E-state index contributed by atoms with van der Waals surface area (Å²) in [5.74, 6) is 0.0596. The van der Waals surface area contributed by atoms with Crippen molar-refractivity contribution in [2.24, 2.45) is 0 Å². The van der Waals surface area contributed by atoms with Crippen LogP contribution in [0.4, 0.5) is 0 Å². The Hall–Kier alpha value is -0.840. The highest BCUT2D eigenvalue weighted by molar-refractivity contribution is 5.93. The maximum Gasteiger partial charge on any atom is 0.272 e. The summed E-state index contributed by atoms with van der Waals surface area (Å²) in [5.41, 5.74) is 1.55. The molecule has 2 bridgehead atoms. The average molecular weight is 332 g/mol. The molecule has 0 aliphatic carbocycles. The minimum Gasteiger partial charge on any atom is -0.337 e. The van der Waals surface area contributed by atoms with E-state index in [4.69, 9.17) is 0 Å². The van der Waals surface area contributed by atoms with Crippen molar-refractivity contribution in [1.29, 1.82) is 0 Å². The van der Waals surface area contributed by atoms with Crippen molar-refractivity contribution in [3.05, 3.63) is 29.6 Å². The molecular weight excluding hydrogens is 309 g/mol. The molecule has 1 aromatic rings. The van der Waals surface area contributed by atoms with Crippen LogP contribution >= 0.6 is 24.8 Å². The van der Waals surface area contributed by atoms with Gasteiger partial charge in [0.25, 0.3) is 5.91 Å². The standard InChI is InChI=1S/C15H21N3O.2ClH/c1-10-4-3-7-16-14(10)15(19)18(2)13-8-11-5-6-12(9-13)17-11;;/h3-4,7,11-13,17H,5-6,8-9H2,1-2H3;2*1H. The van der Waals surface area contributed by atoms with Gasteiger partial charge in [-0.2, -0.15) is 0 Å². The van der Waals surface area contributed by atoms with E-state index in [0.717, 1.165) is 18.4 Å². The van der Waals surface area contributed by atoms with Gasteiger partial charge in [-0.15, -0.1) is 24.8 Å². The number of amides is 1. The molecule has 0 spiro atoms. The van der Waals surface area contributed by atoms with Crippen LogP contribution in [-0.2, 0) is 0 Å². The van der Waals surface area contributed by atoms with E-state index in [9.17, 15) is 4.79 Å². The van der Waals surface area contributed by atoms with Crippen LogP contribution in [0.15, 0.2) is 18.3 Å². The summed E-state index contributed by atoms with van der Waals surface area (Å²) in [5, 5.41) is 3.61. The second-order valence-corrected chi connectivity index (χ2v) is 5.85. The fourth-order valence-electron chi connectivity index (χ4n) is 3.39. The lowest BCUT2D eigenvalue weighted by molar-refractivity contribution is 0.0675. The fourth-order valence-corrected chi connectivity index (χ4v) is 3.39. The van der Waals surface area contributed by atoms with E-state index in [0.29, 0.717) is 23.8 Å². The number of piperidine rings is 1. The fraction of sp³-hybridized carbons (Fsp3) is 0.600. The topological polar surface area (TPSA) is 45.2 Å². The van der Waals surface area contributed by atoms with Gasteiger partial charge in [0.1, 0.15) is 5.69 Å². The molecule has 0 aromatic carbocycles. The molecule has 6 heteroatoms. The van der Waals surface area contributed by atoms with Crippen LogP contribution in [0.1, 0.15) is 41.7 Å². The lowest BCUT2D eigenvalue weighted by atomic mass is 9.98. The molecule has 1 N–H and O–H groups in total. The molecule has 2 fully saturated rings. The van der Waals surface area contributed by atoms with E-state index >= 15 is 0 Å². The molecular formula is C15H23Cl2N3O. The number of aryl methyl sites for hydroxylation is 1. The summed E-state index contributed by atoms with van der Waals surface area (Å²) in [6.45, 7) is 1.94. The first-order valence-electron chi connectivity index (χ1n) is 7.10. The predicted molar refractivity (Wildman–Crippen MR) is 88.5 cm³/mol. The van der Waals surface area contributed by atoms with Gasteiger partial charge in [0.2, 0.25) is 0 Å². The van der Waals surface area contributed by atoms with Gasteiger partial charge in [-0.25, -0.2) is 0 Å². The van der Waals surface area contributed by atoms with Gasteiger partial charge in [0.15, 0.2) is 0 Å². The Labute approximate surface area is 138 Å². The summed E-state index contributed by atoms with van der Waals surface area (Å²) in [6.07, 6.45) is 6.35. The average Bonchev–Trinajstić information content (AvgIpc) is 2.76. The van der Waals surface area contributed by atoms with Crippen LogP contribution in [0.25, 0.3) is 0 Å². The number of carbonyl (C=O) groups excluding carboxylic acids is 1. The van der Waals surface area contributed by atoms with Crippen molar-refractivity contribution >= 4 is 30.7 Å². The number of carbonyl (C=O) groups is 1. The smallest absolute Gasteiger partial charge is 0.272 e. The van der Waals surface area contributed by atoms with Crippen molar-refractivity contribution in [3.8, 4) is 0 Å². The molecule has 2 aliphatic heterocycles. The SMILES string of the molecule is Cc1cccnc1C(=O)N(C)C1CC2CCC(C1)N2.Cl.Cl. The van der Waals surface area contributed by atoms with Crippen molar-refractivity contribution in [2.45, 2.75) is 50.7 Å². The Morgan fingerprint density at radius 3 is 2.48 bits per heavy atom. The molecule has 1 amide bonds. The normalized spacial score (nSPS) is 26.5. The molecule has 3 heterocycles. The van der Waals surface area contributed by atoms with E-state index in [-0.39, 0.29) is 30.7 Å². The molecule has 2 atom stereocenters. The minimum absolute atomic E-state index is 0. The highest BCUT2D eigenvalue weighted by atomic mass is 35.5. The van der Waals surface area contributed by atoms with Crippen LogP contribution in [0.3, 0.4) is 0 Å². The minimum atomic E-state index is 0. The van der Waals surface area contributed by atoms with Crippen molar-refractivity contribution < 1.29 is 4.79 Å². The van der Waals surface area contributed by atoms with Gasteiger partial charge < -0.3 is 10.2 Å². The number of pyridine rings is 1. The first kappa shape index (κ1) is 18.2. The summed E-state index contributed by atoms with van der Waals surface area (Å²) in [7, 11) is 1.92. The number of fused-ring (bicyclic) bond motifs is 2. The zero-order chi connectivity index (χ0) is 13.4. The molecule has 3 rings (SSSR count). The van der Waals surface area contributed by atoms with E-state index in [1.807, 2.05) is 31.0 Å². The van der Waals surface area contributed by atoms with Gasteiger partial charge in [-0.3, -0.25) is 9.78 Å². The third-order valence-corrected chi connectivity index (χ3v) is 4.53. The van der Waals surface area contributed by atoms with E-state index in [1.165, 1.54) is 12.8 Å². The maximum absolute atomic E-state index is 12.5. The molecule has 4 nitrogen and oxygen atoms in total. The third-order valence-electron chi connectivity index (χ3n) is 4.53. The first-order chi connectivity index (χ1) is 9.15. The number of halogens is 2. The summed E-state index contributed by atoms with van der Waals surface area (Å²) >= 11 is 0. The highest BCUT2D eigenvalue weighted by Gasteiger charge is 2.36. The predicted octanol–water partition coefficient (Wildman–Crippen LogP) is 2.59. The number of nitrogens with zero attached hydrogens (tertiary/aromatic N) is 2. The van der Waals surface area contributed by atoms with Crippen LogP contribution in [0, 0.1) is 6.92 Å². The zero-order valence-corrected chi connectivity index (χ0v) is 14.0. The molecule has 118 valence electrons. The van der Waals surface area contributed by atoms with Crippen molar-refractivity contribution in [1.82, 2.24) is 15.2 Å². The van der Waals surface area contributed by atoms with Crippen LogP contribution in [0.2, 0.25) is 0 Å². The van der Waals surface area contributed by atoms with Crippen LogP contribution in [-0.4, -0.2) is 41.0 Å². The van der Waals surface area contributed by atoms with Gasteiger partial charge in [0, 0.05) is 31.4 Å². The van der Waals surface area contributed by atoms with Gasteiger partial charge in [0.05, 0.1) is 0 Å². The number of aromatic nitrogens is 1. The van der Waals surface area contributed by atoms with Crippen molar-refractivity contribution in [3.63, 3.8) is 0 Å². The number of rotatable bonds is 2. The van der Waals surface area contributed by atoms with Gasteiger partial charge in [-0.05, 0) is 44.2 Å². The molecule has 0 saturated carbocycles. The second kappa shape index (κ2) is 7.43. The number of nitrogens with one attached hydrogen (secondary N) is 1. The Kier molecular flexibility index (Phi) is 6.44. The largest absolute Gasteiger partial charge is 0.337 e. The highest BCUT2D eigenvalue weighted by Crippen LogP contribution is 2.29. The van der Waals surface area contributed by atoms with E-state index < -0.39 is 0 Å². The molecule has 1 aromatic heterocycles. The Balaban J connectivity index is 0.00000110. The third kappa shape index (κ3) is 3.68. The maximum atomic E-state index is 12.5. The molecule has 21 heavy (non-hydrogen) atoms. The van der Waals surface area contributed by atoms with E-state index in [2.05, 4.69) is 10.3 Å². The van der Waals surface area contributed by atoms with E-state index in [1.54, 1.807) is 6.20 Å². The Morgan fingerprint density at radius 1 is 1.29 bits per heavy atom. The molecule has 0 radical (unpaired) electrons. The second-order valence-electron chi connectivity index (χ2n) is 5.85. The first-order valence-corrected chi connectivity index (χ1v) is 7.10. The van der Waals surface area contributed by atoms with Gasteiger partial charge >= 0.3 is 0 Å². The summed E-state index contributed by atoms with van der Waals surface area (Å²) in [4.78, 5) is 18.7. The molecule has 2 saturated heterocycles.